The average Bonchev–Trinajstić information content (AvgIpc) is 2.02. The summed E-state index contributed by atoms with van der Waals surface area (Å²) in [7, 11) is 16.8. The molecule has 8 heteroatoms. The van der Waals surface area contributed by atoms with Gasteiger partial charge >= 0.3 is 55.3 Å². The second-order valence-corrected chi connectivity index (χ2v) is 30.0. The van der Waals surface area contributed by atoms with E-state index in [1.54, 1.807) is 24.3 Å². The Morgan fingerprint density at radius 2 is 1.57 bits per heavy atom. The second kappa shape index (κ2) is 6.66. The maximum atomic E-state index is 8.26. The third-order valence-corrected chi connectivity index (χ3v) is 1.04. The number of hydrogen-bond donors (Lipinski definition) is 1. The molecule has 0 aliphatic heterocycles. The molecule has 0 radical (unpaired) electrons. The molecule has 14 heavy (non-hydrogen) atoms. The fourth-order valence-electron chi connectivity index (χ4n) is 0.579. The van der Waals surface area contributed by atoms with Crippen molar-refractivity contribution < 1.29 is 10.8 Å². The fraction of sp³-hybridized carbons (Fsp3) is 0. The minimum absolute atomic E-state index is 0.414. The van der Waals surface area contributed by atoms with Crippen LogP contribution >= 0.6 is 38.8 Å². The monoisotopic (exact) mass is 324 g/mol. The summed E-state index contributed by atoms with van der Waals surface area (Å²) in [6.07, 6.45) is 0. The van der Waals surface area contributed by atoms with Crippen molar-refractivity contribution in [3.8, 4) is 0 Å². The fourth-order valence-corrected chi connectivity index (χ4v) is 0.579. The van der Waals surface area contributed by atoms with E-state index in [1.807, 2.05) is 0 Å². The molecule has 1 aromatic rings. The van der Waals surface area contributed by atoms with E-state index >= 15 is 0 Å². The molecule has 0 amide bonds. The van der Waals surface area contributed by atoms with Gasteiger partial charge in [0.1, 0.15) is 5.69 Å². The summed E-state index contributed by atoms with van der Waals surface area (Å²) < 4.78 is 0. The van der Waals surface area contributed by atoms with Gasteiger partial charge < -0.3 is 5.73 Å². The van der Waals surface area contributed by atoms with Gasteiger partial charge in [0.2, 0.25) is 5.39 Å². The normalized spacial score (nSPS) is 8.50. The zero-order valence-corrected chi connectivity index (χ0v) is 13.0. The maximum absolute atomic E-state index is 8.26. The van der Waals surface area contributed by atoms with Crippen molar-refractivity contribution in [1.29, 1.82) is 5.39 Å². The molecule has 0 atom stereocenters. The molecule has 74 valence electrons. The molecular weight excluding hydrogens is 321 g/mol. The van der Waals surface area contributed by atoms with Crippen LogP contribution in [0.5, 0.6) is 0 Å². The molecular formula is C6H6Cl4N3Zn+. The number of para-hydroxylation sites is 1. The van der Waals surface area contributed by atoms with Gasteiger partial charge in [-0.25, -0.2) is 0 Å². The van der Waals surface area contributed by atoms with Crippen LogP contribution in [0.25, 0.3) is 4.98 Å². The summed E-state index contributed by atoms with van der Waals surface area (Å²) in [5.41, 5.74) is 6.28. The molecule has 0 aliphatic rings. The number of halogens is 4. The van der Waals surface area contributed by atoms with Gasteiger partial charge in [0.15, 0.2) is 4.98 Å². The summed E-state index contributed by atoms with van der Waals surface area (Å²) >= 11 is 0. The predicted octanol–water partition coefficient (Wildman–Crippen LogP) is 4.51. The predicted molar refractivity (Wildman–Crippen MR) is 59.0 cm³/mol. The van der Waals surface area contributed by atoms with E-state index in [9.17, 15) is 0 Å². The molecule has 1 rings (SSSR count). The Morgan fingerprint density at radius 3 is 1.86 bits per heavy atom. The van der Waals surface area contributed by atoms with E-state index in [4.69, 9.17) is 49.9 Å². The summed E-state index contributed by atoms with van der Waals surface area (Å²) in [5.74, 6) is 0. The number of nitrogen functional groups attached to an aromatic ring is 1. The Kier molecular flexibility index (Phi) is 6.77. The first-order valence-electron chi connectivity index (χ1n) is 3.61. The number of anilines is 1. The molecule has 0 aliphatic carbocycles. The summed E-state index contributed by atoms with van der Waals surface area (Å²) in [4.78, 5) is 2.95. The Bertz CT molecular complexity index is 327. The number of benzene rings is 1. The Morgan fingerprint density at radius 1 is 1.14 bits per heavy atom. The van der Waals surface area contributed by atoms with Crippen LogP contribution in [-0.4, -0.2) is 0 Å². The molecule has 0 bridgehead atoms. The first-order valence-corrected chi connectivity index (χ1v) is 19.2. The van der Waals surface area contributed by atoms with Crippen molar-refractivity contribution in [3.05, 3.63) is 29.2 Å². The first-order chi connectivity index (χ1) is 6.34. The van der Waals surface area contributed by atoms with Crippen molar-refractivity contribution in [3.63, 3.8) is 0 Å². The van der Waals surface area contributed by atoms with Gasteiger partial charge in [-0.3, -0.25) is 0 Å². The molecule has 0 saturated carbocycles. The van der Waals surface area contributed by atoms with E-state index in [1.165, 1.54) is 0 Å². The SMILES string of the molecule is N#[N+]c1ccccc1N.[Cl][Zn]([Cl])([Cl])[Cl]. The molecule has 0 spiro atoms. The van der Waals surface area contributed by atoms with Crippen molar-refractivity contribution in [2.45, 2.75) is 0 Å². The van der Waals surface area contributed by atoms with Crippen molar-refractivity contribution in [2.24, 2.45) is 0 Å². The van der Waals surface area contributed by atoms with Crippen LogP contribution in [0, 0.1) is 5.39 Å². The number of diazo groups is 1. The van der Waals surface area contributed by atoms with Crippen molar-refractivity contribution in [1.82, 2.24) is 0 Å². The van der Waals surface area contributed by atoms with E-state index in [0.717, 1.165) is 0 Å². The minimum atomic E-state index is -3.36. The van der Waals surface area contributed by atoms with Gasteiger partial charge in [0.25, 0.3) is 0 Å². The van der Waals surface area contributed by atoms with Gasteiger partial charge in [-0.15, -0.1) is 0 Å². The Labute approximate surface area is 101 Å². The topological polar surface area (TPSA) is 54.2 Å². The van der Waals surface area contributed by atoms with Crippen LogP contribution in [0.4, 0.5) is 11.4 Å². The third kappa shape index (κ3) is 8.81. The molecule has 0 saturated heterocycles. The summed E-state index contributed by atoms with van der Waals surface area (Å²) in [5, 5.41) is 8.26. The number of rotatable bonds is 0. The van der Waals surface area contributed by atoms with Gasteiger partial charge in [0.05, 0.1) is 0 Å². The number of nitrogens with two attached hydrogens (primary N) is 1. The first kappa shape index (κ1) is 14.2. The summed E-state index contributed by atoms with van der Waals surface area (Å²) in [6.45, 7) is 0. The molecule has 3 nitrogen and oxygen atoms in total. The van der Waals surface area contributed by atoms with Gasteiger partial charge in [-0.05, 0) is 6.07 Å². The standard InChI is InChI=1S/C6H6N3.4ClH.Zn/c7-5-3-1-2-4-6(5)9-8;;;;;/h1-4H,7H2;4*1H;/q+1;;;;;+4/p-4. The van der Waals surface area contributed by atoms with Crippen LogP contribution in [0.1, 0.15) is 0 Å². The summed E-state index contributed by atoms with van der Waals surface area (Å²) in [6, 6.07) is 6.85. The zero-order chi connectivity index (χ0) is 11.2. The molecule has 0 aromatic heterocycles. The van der Waals surface area contributed by atoms with Crippen LogP contribution in [0.15, 0.2) is 24.3 Å². The van der Waals surface area contributed by atoms with Crippen LogP contribution in [0.2, 0.25) is 0 Å². The van der Waals surface area contributed by atoms with Crippen molar-refractivity contribution in [2.75, 3.05) is 5.73 Å². The molecule has 0 fully saturated rings. The molecule has 2 N–H and O–H groups in total. The number of hydrogen-bond acceptors (Lipinski definition) is 2. The van der Waals surface area contributed by atoms with Crippen LogP contribution in [-0.2, 0) is 10.8 Å². The van der Waals surface area contributed by atoms with E-state index in [-0.39, 0.29) is 0 Å². The molecule has 0 heterocycles. The number of nitrogens with zero attached hydrogens (tertiary/aromatic N) is 2. The Hall–Kier alpha value is 0.223. The third-order valence-electron chi connectivity index (χ3n) is 1.04. The van der Waals surface area contributed by atoms with Crippen LogP contribution < -0.4 is 5.73 Å². The molecule has 0 unspecified atom stereocenters. The second-order valence-electron chi connectivity index (χ2n) is 2.26. The average molecular weight is 327 g/mol. The zero-order valence-electron chi connectivity index (χ0n) is 7.00. The van der Waals surface area contributed by atoms with E-state index in [0.29, 0.717) is 11.4 Å². The van der Waals surface area contributed by atoms with Crippen LogP contribution in [0.3, 0.4) is 0 Å². The van der Waals surface area contributed by atoms with Crippen molar-refractivity contribution >= 4 is 50.1 Å². The molecule has 1 aromatic carbocycles. The van der Waals surface area contributed by atoms with Gasteiger partial charge in [-0.2, -0.15) is 0 Å². The van der Waals surface area contributed by atoms with Gasteiger partial charge in [-0.1, -0.05) is 12.1 Å². The quantitative estimate of drug-likeness (QED) is 0.433. The van der Waals surface area contributed by atoms with E-state index in [2.05, 4.69) is 4.98 Å². The van der Waals surface area contributed by atoms with Gasteiger partial charge in [0, 0.05) is 6.07 Å². The Balaban J connectivity index is 0.000000292. The van der Waals surface area contributed by atoms with E-state index < -0.39 is 10.8 Å².